The Kier molecular flexibility index (Phi) is 5.05. The first kappa shape index (κ1) is 16.4. The Labute approximate surface area is 138 Å². The maximum absolute atomic E-state index is 14.1. The third kappa shape index (κ3) is 3.89. The molecule has 4 nitrogen and oxygen atoms in total. The smallest absolute Gasteiger partial charge is 0.237 e. The van der Waals surface area contributed by atoms with Crippen LogP contribution in [0.25, 0.3) is 0 Å². The first-order chi connectivity index (χ1) is 11.6. The van der Waals surface area contributed by atoms with Crippen LogP contribution in [0.15, 0.2) is 42.5 Å². The van der Waals surface area contributed by atoms with Gasteiger partial charge in [-0.05, 0) is 37.6 Å². The summed E-state index contributed by atoms with van der Waals surface area (Å²) < 4.78 is 33.6. The van der Waals surface area contributed by atoms with Gasteiger partial charge in [-0.15, -0.1) is 0 Å². The molecule has 2 N–H and O–H groups in total. The predicted octanol–water partition coefficient (Wildman–Crippen LogP) is 3.13. The molecule has 1 saturated heterocycles. The van der Waals surface area contributed by atoms with Crippen molar-refractivity contribution in [2.45, 2.75) is 25.4 Å². The van der Waals surface area contributed by atoms with E-state index in [1.54, 1.807) is 30.3 Å². The fourth-order valence-electron chi connectivity index (χ4n) is 2.61. The molecule has 0 aliphatic carbocycles. The Hall–Kier alpha value is -2.47. The Morgan fingerprint density at radius 2 is 2.00 bits per heavy atom. The zero-order valence-electron chi connectivity index (χ0n) is 13.0. The Balaban J connectivity index is 1.66. The van der Waals surface area contributed by atoms with Gasteiger partial charge >= 0.3 is 0 Å². The van der Waals surface area contributed by atoms with Crippen LogP contribution in [0.4, 0.5) is 8.78 Å². The number of nitrogens with one attached hydrogen (secondary N) is 2. The molecule has 1 aliphatic rings. The maximum atomic E-state index is 14.1. The lowest BCUT2D eigenvalue weighted by Crippen LogP contribution is -2.40. The highest BCUT2D eigenvalue weighted by atomic mass is 19.1. The van der Waals surface area contributed by atoms with Crippen molar-refractivity contribution in [1.82, 2.24) is 10.6 Å². The van der Waals surface area contributed by atoms with Gasteiger partial charge in [0.25, 0.3) is 0 Å². The van der Waals surface area contributed by atoms with Crippen molar-refractivity contribution < 1.29 is 18.3 Å². The van der Waals surface area contributed by atoms with E-state index in [0.717, 1.165) is 31.5 Å². The molecule has 1 fully saturated rings. The monoisotopic (exact) mass is 332 g/mol. The second kappa shape index (κ2) is 7.40. The summed E-state index contributed by atoms with van der Waals surface area (Å²) in [5, 5.41) is 5.68. The molecule has 2 aromatic carbocycles. The fraction of sp³-hybridized carbons (Fsp3) is 0.278. The van der Waals surface area contributed by atoms with Crippen LogP contribution in [0, 0.1) is 11.6 Å². The molecule has 1 atom stereocenters. The van der Waals surface area contributed by atoms with E-state index in [4.69, 9.17) is 4.74 Å². The molecule has 1 amide bonds. The van der Waals surface area contributed by atoms with Crippen molar-refractivity contribution in [3.05, 3.63) is 59.7 Å². The zero-order chi connectivity index (χ0) is 16.9. The molecule has 24 heavy (non-hydrogen) atoms. The van der Waals surface area contributed by atoms with Gasteiger partial charge in [-0.1, -0.05) is 18.2 Å². The van der Waals surface area contributed by atoms with Crippen LogP contribution in [0.1, 0.15) is 18.4 Å². The summed E-state index contributed by atoms with van der Waals surface area (Å²) in [7, 11) is 0. The highest BCUT2D eigenvalue weighted by Crippen LogP contribution is 2.26. The average Bonchev–Trinajstić information content (AvgIpc) is 3.12. The molecular formula is C18H18F2N2O2. The third-order valence-electron chi connectivity index (χ3n) is 3.90. The van der Waals surface area contributed by atoms with Crippen molar-refractivity contribution in [3.63, 3.8) is 0 Å². The van der Waals surface area contributed by atoms with E-state index in [-0.39, 0.29) is 29.8 Å². The number of rotatable bonds is 5. The number of hydrogen-bond donors (Lipinski definition) is 2. The van der Waals surface area contributed by atoms with Crippen LogP contribution in [-0.2, 0) is 11.3 Å². The minimum Gasteiger partial charge on any atom is -0.454 e. The third-order valence-corrected chi connectivity index (χ3v) is 3.90. The predicted molar refractivity (Wildman–Crippen MR) is 85.7 cm³/mol. The van der Waals surface area contributed by atoms with Crippen LogP contribution in [-0.4, -0.2) is 18.5 Å². The molecule has 0 saturated carbocycles. The van der Waals surface area contributed by atoms with Gasteiger partial charge in [0.15, 0.2) is 11.6 Å². The molecule has 0 aromatic heterocycles. The lowest BCUT2D eigenvalue weighted by Gasteiger charge is -2.13. The number of para-hydroxylation sites is 1. The van der Waals surface area contributed by atoms with Crippen molar-refractivity contribution in [3.8, 4) is 11.5 Å². The lowest BCUT2D eigenvalue weighted by molar-refractivity contribution is -0.122. The van der Waals surface area contributed by atoms with Crippen LogP contribution in [0.5, 0.6) is 11.5 Å². The van der Waals surface area contributed by atoms with E-state index >= 15 is 0 Å². The van der Waals surface area contributed by atoms with E-state index in [1.807, 2.05) is 0 Å². The van der Waals surface area contributed by atoms with Gasteiger partial charge in [0, 0.05) is 18.2 Å². The van der Waals surface area contributed by atoms with Crippen molar-refractivity contribution in [1.29, 1.82) is 0 Å². The van der Waals surface area contributed by atoms with Crippen LogP contribution >= 0.6 is 0 Å². The Morgan fingerprint density at radius 1 is 1.21 bits per heavy atom. The SMILES string of the molecule is O=C(NCc1cc(F)c(Oc2ccccc2)cc1F)C1CCCN1. The zero-order valence-corrected chi connectivity index (χ0v) is 13.0. The second-order valence-corrected chi connectivity index (χ2v) is 5.66. The van der Waals surface area contributed by atoms with Gasteiger partial charge in [0.2, 0.25) is 5.91 Å². The number of benzene rings is 2. The molecule has 1 heterocycles. The number of halogens is 2. The summed E-state index contributed by atoms with van der Waals surface area (Å²) in [5.74, 6) is -1.27. The Bertz CT molecular complexity index is 716. The van der Waals surface area contributed by atoms with Crippen molar-refractivity contribution >= 4 is 5.91 Å². The summed E-state index contributed by atoms with van der Waals surface area (Å²) in [4.78, 5) is 11.9. The maximum Gasteiger partial charge on any atom is 0.237 e. The summed E-state index contributed by atoms with van der Waals surface area (Å²) in [6.07, 6.45) is 1.69. The number of amides is 1. The molecule has 0 bridgehead atoms. The van der Waals surface area contributed by atoms with Gasteiger partial charge in [-0.3, -0.25) is 4.79 Å². The summed E-state index contributed by atoms with van der Waals surface area (Å²) >= 11 is 0. The van der Waals surface area contributed by atoms with Gasteiger partial charge in [0.1, 0.15) is 11.6 Å². The second-order valence-electron chi connectivity index (χ2n) is 5.66. The number of carbonyl (C=O) groups excluding carboxylic acids is 1. The summed E-state index contributed by atoms with van der Waals surface area (Å²) in [6.45, 7) is 0.734. The number of ether oxygens (including phenoxy) is 1. The van der Waals surface area contributed by atoms with Gasteiger partial charge in [-0.25, -0.2) is 8.78 Å². The van der Waals surface area contributed by atoms with E-state index < -0.39 is 11.6 Å². The molecule has 0 spiro atoms. The highest BCUT2D eigenvalue weighted by molar-refractivity contribution is 5.81. The standard InChI is InChI=1S/C18H18F2N2O2/c19-14-10-17(24-13-5-2-1-3-6-13)15(20)9-12(14)11-22-18(23)16-7-4-8-21-16/h1-3,5-6,9-10,16,21H,4,7-8,11H2,(H,22,23). The number of carbonyl (C=O) groups is 1. The molecule has 0 radical (unpaired) electrons. The van der Waals surface area contributed by atoms with E-state index in [2.05, 4.69) is 10.6 Å². The molecular weight excluding hydrogens is 314 g/mol. The van der Waals surface area contributed by atoms with Gasteiger partial charge in [0.05, 0.1) is 6.04 Å². The van der Waals surface area contributed by atoms with E-state index in [0.29, 0.717) is 5.75 Å². The largest absolute Gasteiger partial charge is 0.454 e. The molecule has 6 heteroatoms. The van der Waals surface area contributed by atoms with Crippen molar-refractivity contribution in [2.24, 2.45) is 0 Å². The summed E-state index contributed by atoms with van der Waals surface area (Å²) in [6, 6.07) is 10.4. The minimum absolute atomic E-state index is 0.0641. The first-order valence-electron chi connectivity index (χ1n) is 7.85. The average molecular weight is 332 g/mol. The normalized spacial score (nSPS) is 16.8. The lowest BCUT2D eigenvalue weighted by atomic mass is 10.1. The first-order valence-corrected chi connectivity index (χ1v) is 7.85. The Morgan fingerprint density at radius 3 is 2.71 bits per heavy atom. The summed E-state index contributed by atoms with van der Waals surface area (Å²) in [5.41, 5.74) is 0.0826. The van der Waals surface area contributed by atoms with Crippen LogP contribution in [0.3, 0.4) is 0 Å². The molecule has 1 unspecified atom stereocenters. The minimum atomic E-state index is -0.677. The fourth-order valence-corrected chi connectivity index (χ4v) is 2.61. The molecule has 2 aromatic rings. The van der Waals surface area contributed by atoms with Gasteiger partial charge < -0.3 is 15.4 Å². The molecule has 3 rings (SSSR count). The van der Waals surface area contributed by atoms with Crippen molar-refractivity contribution in [2.75, 3.05) is 6.54 Å². The highest BCUT2D eigenvalue weighted by Gasteiger charge is 2.22. The van der Waals surface area contributed by atoms with Crippen LogP contribution in [0.2, 0.25) is 0 Å². The van der Waals surface area contributed by atoms with Gasteiger partial charge in [-0.2, -0.15) is 0 Å². The van der Waals surface area contributed by atoms with Crippen LogP contribution < -0.4 is 15.4 Å². The van der Waals surface area contributed by atoms with E-state index in [1.165, 1.54) is 0 Å². The van der Waals surface area contributed by atoms with E-state index in [9.17, 15) is 13.6 Å². The number of hydrogen-bond acceptors (Lipinski definition) is 3. The molecule has 1 aliphatic heterocycles. The molecule has 126 valence electrons. The quantitative estimate of drug-likeness (QED) is 0.884. The topological polar surface area (TPSA) is 50.4 Å².